The molecule has 2 bridgehead atoms. The Balaban J connectivity index is 1.56. The van der Waals surface area contributed by atoms with Gasteiger partial charge in [-0.2, -0.15) is 0 Å². The van der Waals surface area contributed by atoms with Gasteiger partial charge in [-0.05, 0) is 43.9 Å². The smallest absolute Gasteiger partial charge is 0.0639 e. The SMILES string of the molecule is C1CSC2(CCC3CC2CCC32SCCS2)S1. The molecule has 4 aliphatic rings. The monoisotopic (exact) mass is 304 g/mol. The van der Waals surface area contributed by atoms with Crippen LogP contribution in [0.3, 0.4) is 0 Å². The molecule has 2 heterocycles. The van der Waals surface area contributed by atoms with E-state index in [0.717, 1.165) is 11.8 Å². The van der Waals surface area contributed by atoms with Crippen molar-refractivity contribution in [2.45, 2.75) is 40.3 Å². The third-order valence-electron chi connectivity index (χ3n) is 5.05. The Hall–Kier alpha value is 1.40. The molecule has 0 radical (unpaired) electrons. The highest BCUT2D eigenvalue weighted by Crippen LogP contribution is 2.67. The van der Waals surface area contributed by atoms with E-state index in [4.69, 9.17) is 0 Å². The van der Waals surface area contributed by atoms with E-state index >= 15 is 0 Å². The van der Waals surface area contributed by atoms with Gasteiger partial charge in [-0.3, -0.25) is 0 Å². The largest absolute Gasteiger partial charge is 0.143 e. The molecule has 0 aromatic heterocycles. The van der Waals surface area contributed by atoms with Crippen molar-refractivity contribution in [1.82, 2.24) is 0 Å². The lowest BCUT2D eigenvalue weighted by atomic mass is 9.71. The Morgan fingerprint density at radius 2 is 1.06 bits per heavy atom. The van der Waals surface area contributed by atoms with Crippen molar-refractivity contribution >= 4 is 47.0 Å². The van der Waals surface area contributed by atoms with Gasteiger partial charge in [0.05, 0.1) is 8.16 Å². The molecule has 4 heteroatoms. The van der Waals surface area contributed by atoms with E-state index in [-0.39, 0.29) is 0 Å². The van der Waals surface area contributed by atoms with Gasteiger partial charge in [0.15, 0.2) is 0 Å². The molecule has 2 saturated heterocycles. The number of hydrogen-bond donors (Lipinski definition) is 0. The van der Waals surface area contributed by atoms with Crippen LogP contribution in [0.25, 0.3) is 0 Å². The number of hydrogen-bond acceptors (Lipinski definition) is 4. The van der Waals surface area contributed by atoms with Crippen molar-refractivity contribution in [3.05, 3.63) is 0 Å². The average Bonchev–Trinajstić information content (AvgIpc) is 2.99. The summed E-state index contributed by atoms with van der Waals surface area (Å²) in [6.07, 6.45) is 7.63. The van der Waals surface area contributed by atoms with Crippen molar-refractivity contribution in [3.8, 4) is 0 Å². The molecule has 4 fully saturated rings. The van der Waals surface area contributed by atoms with Gasteiger partial charge >= 0.3 is 0 Å². The first-order valence-electron chi connectivity index (χ1n) is 6.89. The van der Waals surface area contributed by atoms with Gasteiger partial charge in [-0.15, -0.1) is 47.0 Å². The molecule has 0 aromatic rings. The molecular weight excluding hydrogens is 284 g/mol. The average molecular weight is 305 g/mol. The van der Waals surface area contributed by atoms with Crippen LogP contribution >= 0.6 is 47.0 Å². The summed E-state index contributed by atoms with van der Waals surface area (Å²) in [5, 5.41) is 0. The first kappa shape index (κ1) is 12.2. The van der Waals surface area contributed by atoms with Crippen LogP contribution in [0.1, 0.15) is 32.1 Å². The lowest BCUT2D eigenvalue weighted by Gasteiger charge is -2.53. The topological polar surface area (TPSA) is 0 Å². The van der Waals surface area contributed by atoms with Crippen LogP contribution in [0.15, 0.2) is 0 Å². The molecule has 0 nitrogen and oxygen atoms in total. The summed E-state index contributed by atoms with van der Waals surface area (Å²) in [5.41, 5.74) is 0. The summed E-state index contributed by atoms with van der Waals surface area (Å²) in [6.45, 7) is 0. The molecule has 0 N–H and O–H groups in total. The lowest BCUT2D eigenvalue weighted by Crippen LogP contribution is -2.46. The Labute approximate surface area is 122 Å². The lowest BCUT2D eigenvalue weighted by molar-refractivity contribution is 0.181. The minimum atomic E-state index is 0.673. The van der Waals surface area contributed by atoms with E-state index < -0.39 is 0 Å². The molecule has 2 unspecified atom stereocenters. The second kappa shape index (κ2) is 4.46. The molecule has 2 atom stereocenters. The van der Waals surface area contributed by atoms with Gasteiger partial charge in [0.2, 0.25) is 0 Å². The molecule has 2 spiro atoms. The van der Waals surface area contributed by atoms with E-state index in [0.29, 0.717) is 8.16 Å². The van der Waals surface area contributed by atoms with Crippen LogP contribution in [0.5, 0.6) is 0 Å². The molecule has 2 aliphatic carbocycles. The van der Waals surface area contributed by atoms with E-state index in [1.54, 1.807) is 6.42 Å². The summed E-state index contributed by atoms with van der Waals surface area (Å²) in [4.78, 5) is 0. The van der Waals surface area contributed by atoms with Crippen LogP contribution in [0, 0.1) is 11.8 Å². The van der Waals surface area contributed by atoms with Crippen LogP contribution < -0.4 is 0 Å². The third-order valence-corrected chi connectivity index (χ3v) is 12.7. The molecule has 2 aliphatic heterocycles. The van der Waals surface area contributed by atoms with Crippen molar-refractivity contribution < 1.29 is 0 Å². The van der Waals surface area contributed by atoms with E-state index in [1.807, 2.05) is 0 Å². The highest BCUT2D eigenvalue weighted by Gasteiger charge is 2.55. The van der Waals surface area contributed by atoms with Gasteiger partial charge in [-0.1, -0.05) is 0 Å². The maximum Gasteiger partial charge on any atom is 0.0639 e. The number of fused-ring (bicyclic) bond motifs is 4. The summed E-state index contributed by atoms with van der Waals surface area (Å²) >= 11 is 9.26. The van der Waals surface area contributed by atoms with Gasteiger partial charge in [0.25, 0.3) is 0 Å². The fraction of sp³-hybridized carbons (Fsp3) is 1.00. The van der Waals surface area contributed by atoms with Crippen LogP contribution in [-0.2, 0) is 0 Å². The standard InChI is InChI=1S/C13H20S4/c1-3-12(14-5-6-15-12)11-2-4-13(10(1)9-11)16-7-8-17-13/h10-11H,1-9H2. The Morgan fingerprint density at radius 1 is 0.647 bits per heavy atom. The fourth-order valence-electron chi connectivity index (χ4n) is 4.24. The molecular formula is C13H20S4. The zero-order valence-corrected chi connectivity index (χ0v) is 13.4. The maximum atomic E-state index is 2.31. The molecule has 2 saturated carbocycles. The minimum absolute atomic E-state index is 0.673. The highest BCUT2D eigenvalue weighted by atomic mass is 32.2. The van der Waals surface area contributed by atoms with Gasteiger partial charge in [0, 0.05) is 23.0 Å². The Bertz CT molecular complexity index is 275. The molecule has 0 amide bonds. The van der Waals surface area contributed by atoms with Crippen molar-refractivity contribution in [2.75, 3.05) is 23.0 Å². The second-order valence-corrected chi connectivity index (χ2v) is 11.9. The van der Waals surface area contributed by atoms with E-state index in [9.17, 15) is 0 Å². The van der Waals surface area contributed by atoms with Gasteiger partial charge in [0.1, 0.15) is 0 Å². The normalized spacial score (nSPS) is 42.4. The van der Waals surface area contributed by atoms with Crippen molar-refractivity contribution in [1.29, 1.82) is 0 Å². The first-order chi connectivity index (χ1) is 8.33. The van der Waals surface area contributed by atoms with Gasteiger partial charge < -0.3 is 0 Å². The van der Waals surface area contributed by atoms with Crippen LogP contribution in [0.2, 0.25) is 0 Å². The van der Waals surface area contributed by atoms with Crippen LogP contribution in [0.4, 0.5) is 0 Å². The predicted octanol–water partition coefficient (Wildman–Crippen LogP) is 4.55. The summed E-state index contributed by atoms with van der Waals surface area (Å²) < 4.78 is 1.35. The Kier molecular flexibility index (Phi) is 3.19. The molecule has 96 valence electrons. The number of rotatable bonds is 0. The number of thioether (sulfide) groups is 4. The third kappa shape index (κ3) is 1.84. The predicted molar refractivity (Wildman–Crippen MR) is 85.4 cm³/mol. The maximum absolute atomic E-state index is 2.31. The second-order valence-electron chi connectivity index (χ2n) is 5.72. The van der Waals surface area contributed by atoms with E-state index in [2.05, 4.69) is 47.0 Å². The van der Waals surface area contributed by atoms with Crippen LogP contribution in [-0.4, -0.2) is 31.2 Å². The molecule has 17 heavy (non-hydrogen) atoms. The minimum Gasteiger partial charge on any atom is -0.143 e. The zero-order valence-electron chi connectivity index (χ0n) is 10.2. The quantitative estimate of drug-likeness (QED) is 0.643. The van der Waals surface area contributed by atoms with Crippen molar-refractivity contribution in [3.63, 3.8) is 0 Å². The Morgan fingerprint density at radius 3 is 1.47 bits per heavy atom. The van der Waals surface area contributed by atoms with Gasteiger partial charge in [-0.25, -0.2) is 0 Å². The fourth-order valence-corrected chi connectivity index (χ4v) is 11.5. The first-order valence-corrected chi connectivity index (χ1v) is 10.8. The van der Waals surface area contributed by atoms with E-state index in [1.165, 1.54) is 48.7 Å². The van der Waals surface area contributed by atoms with Crippen molar-refractivity contribution in [2.24, 2.45) is 11.8 Å². The molecule has 4 rings (SSSR count). The summed E-state index contributed by atoms with van der Waals surface area (Å²) in [7, 11) is 0. The zero-order chi connectivity index (χ0) is 11.3. The summed E-state index contributed by atoms with van der Waals surface area (Å²) in [6, 6.07) is 0. The molecule has 0 aromatic carbocycles. The highest BCUT2D eigenvalue weighted by molar-refractivity contribution is 8.21. The summed E-state index contributed by atoms with van der Waals surface area (Å²) in [5.74, 6) is 7.76.